The highest BCUT2D eigenvalue weighted by Gasteiger charge is 2.42. The molecule has 0 spiro atoms. The molecule has 1 saturated heterocycles. The second-order valence-electron chi connectivity index (χ2n) is 5.26. The third-order valence-corrected chi connectivity index (χ3v) is 3.93. The Balaban J connectivity index is 1.77. The van der Waals surface area contributed by atoms with E-state index in [0.29, 0.717) is 0 Å². The number of amides is 1. The molecule has 1 aliphatic carbocycles. The van der Waals surface area contributed by atoms with Crippen LogP contribution in [-0.4, -0.2) is 11.9 Å². The van der Waals surface area contributed by atoms with Gasteiger partial charge >= 0.3 is 0 Å². The number of hydrogen-bond donors (Lipinski definition) is 2. The van der Waals surface area contributed by atoms with E-state index in [2.05, 4.69) is 5.32 Å². The maximum Gasteiger partial charge on any atom is 0.225 e. The van der Waals surface area contributed by atoms with E-state index >= 15 is 0 Å². The Morgan fingerprint density at radius 1 is 1.24 bits per heavy atom. The predicted octanol–water partition coefficient (Wildman–Crippen LogP) is 1.60. The van der Waals surface area contributed by atoms with Crippen molar-refractivity contribution in [3.05, 3.63) is 35.9 Å². The van der Waals surface area contributed by atoms with Crippen molar-refractivity contribution in [2.75, 3.05) is 0 Å². The molecule has 0 aromatic heterocycles. The van der Waals surface area contributed by atoms with Gasteiger partial charge in [0, 0.05) is 6.04 Å². The van der Waals surface area contributed by atoms with Crippen LogP contribution in [0.1, 0.15) is 30.9 Å². The van der Waals surface area contributed by atoms with E-state index in [1.165, 1.54) is 12.8 Å². The van der Waals surface area contributed by atoms with Crippen LogP contribution in [0, 0.1) is 11.8 Å². The first kappa shape index (κ1) is 10.8. The van der Waals surface area contributed by atoms with Crippen molar-refractivity contribution in [1.82, 2.24) is 5.32 Å². The lowest BCUT2D eigenvalue weighted by molar-refractivity contribution is -0.123. The van der Waals surface area contributed by atoms with Crippen molar-refractivity contribution in [1.29, 1.82) is 0 Å². The summed E-state index contributed by atoms with van der Waals surface area (Å²) in [5.74, 6) is 0.886. The number of carbonyl (C=O) groups is 1. The van der Waals surface area contributed by atoms with Gasteiger partial charge in [-0.3, -0.25) is 4.79 Å². The molecule has 3 rings (SSSR count). The summed E-state index contributed by atoms with van der Waals surface area (Å²) in [6, 6.07) is 9.94. The summed E-state index contributed by atoms with van der Waals surface area (Å²) in [6.07, 6.45) is 3.51. The van der Waals surface area contributed by atoms with Gasteiger partial charge in [0.05, 0.1) is 12.0 Å². The number of rotatable bonds is 3. The zero-order valence-corrected chi connectivity index (χ0v) is 9.80. The molecular formula is C14H18N2O. The van der Waals surface area contributed by atoms with Gasteiger partial charge in [0.1, 0.15) is 0 Å². The fourth-order valence-electron chi connectivity index (χ4n) is 2.71. The van der Waals surface area contributed by atoms with Crippen LogP contribution in [0.5, 0.6) is 0 Å². The third-order valence-electron chi connectivity index (χ3n) is 3.93. The van der Waals surface area contributed by atoms with E-state index in [0.717, 1.165) is 17.9 Å². The van der Waals surface area contributed by atoms with E-state index in [-0.39, 0.29) is 23.9 Å². The van der Waals surface area contributed by atoms with E-state index < -0.39 is 0 Å². The first-order chi connectivity index (χ1) is 8.25. The summed E-state index contributed by atoms with van der Waals surface area (Å²) in [4.78, 5) is 11.9. The van der Waals surface area contributed by atoms with Gasteiger partial charge < -0.3 is 11.1 Å². The summed E-state index contributed by atoms with van der Waals surface area (Å²) in [5.41, 5.74) is 7.36. The normalized spacial score (nSPS) is 32.5. The molecule has 1 aliphatic heterocycles. The molecule has 1 amide bonds. The molecule has 3 atom stereocenters. The molecule has 17 heavy (non-hydrogen) atoms. The van der Waals surface area contributed by atoms with Crippen LogP contribution < -0.4 is 11.1 Å². The lowest BCUT2D eigenvalue weighted by Crippen LogP contribution is -2.32. The quantitative estimate of drug-likeness (QED) is 0.828. The van der Waals surface area contributed by atoms with E-state index in [1.807, 2.05) is 30.3 Å². The number of hydrogen-bond acceptors (Lipinski definition) is 2. The van der Waals surface area contributed by atoms with Gasteiger partial charge in [-0.2, -0.15) is 0 Å². The zero-order chi connectivity index (χ0) is 11.8. The van der Waals surface area contributed by atoms with Crippen molar-refractivity contribution in [3.63, 3.8) is 0 Å². The topological polar surface area (TPSA) is 55.1 Å². The van der Waals surface area contributed by atoms with Crippen LogP contribution in [0.25, 0.3) is 0 Å². The minimum Gasteiger partial charge on any atom is -0.347 e. The van der Waals surface area contributed by atoms with E-state index in [4.69, 9.17) is 5.73 Å². The molecule has 0 bridgehead atoms. The molecule has 3 N–H and O–H groups in total. The highest BCUT2D eigenvalue weighted by molar-refractivity contribution is 5.83. The maximum atomic E-state index is 11.9. The second kappa shape index (κ2) is 4.15. The summed E-state index contributed by atoms with van der Waals surface area (Å²) in [6.45, 7) is 0. The van der Waals surface area contributed by atoms with Gasteiger partial charge in [0.25, 0.3) is 0 Å². The van der Waals surface area contributed by atoms with Crippen LogP contribution in [0.2, 0.25) is 0 Å². The Bertz CT molecular complexity index is 413. The van der Waals surface area contributed by atoms with Crippen molar-refractivity contribution < 1.29 is 4.79 Å². The van der Waals surface area contributed by atoms with Crippen molar-refractivity contribution in [2.24, 2.45) is 17.6 Å². The molecule has 1 aromatic carbocycles. The van der Waals surface area contributed by atoms with Gasteiger partial charge in [0.15, 0.2) is 0 Å². The molecule has 0 radical (unpaired) electrons. The van der Waals surface area contributed by atoms with Crippen LogP contribution >= 0.6 is 0 Å². The smallest absolute Gasteiger partial charge is 0.225 e. The lowest BCUT2D eigenvalue weighted by atomic mass is 9.91. The Morgan fingerprint density at radius 2 is 1.94 bits per heavy atom. The zero-order valence-electron chi connectivity index (χ0n) is 9.80. The summed E-state index contributed by atoms with van der Waals surface area (Å²) in [5, 5.41) is 3.04. The first-order valence-electron chi connectivity index (χ1n) is 6.36. The number of benzene rings is 1. The summed E-state index contributed by atoms with van der Waals surface area (Å²) < 4.78 is 0. The van der Waals surface area contributed by atoms with Crippen LogP contribution in [0.4, 0.5) is 0 Å². The fourth-order valence-corrected chi connectivity index (χ4v) is 2.71. The van der Waals surface area contributed by atoms with Crippen LogP contribution in [0.15, 0.2) is 30.3 Å². The third kappa shape index (κ3) is 2.07. The molecule has 3 nitrogen and oxygen atoms in total. The van der Waals surface area contributed by atoms with Crippen LogP contribution in [0.3, 0.4) is 0 Å². The van der Waals surface area contributed by atoms with Crippen LogP contribution in [-0.2, 0) is 4.79 Å². The van der Waals surface area contributed by atoms with Gasteiger partial charge in [-0.1, -0.05) is 43.2 Å². The molecule has 1 saturated carbocycles. The second-order valence-corrected chi connectivity index (χ2v) is 5.26. The Kier molecular flexibility index (Phi) is 2.63. The molecule has 2 fully saturated rings. The highest BCUT2D eigenvalue weighted by atomic mass is 16.2. The van der Waals surface area contributed by atoms with Gasteiger partial charge in [0.2, 0.25) is 5.91 Å². The monoisotopic (exact) mass is 230 g/mol. The Hall–Kier alpha value is -1.35. The van der Waals surface area contributed by atoms with Crippen molar-refractivity contribution in [2.45, 2.75) is 31.3 Å². The van der Waals surface area contributed by atoms with E-state index in [1.54, 1.807) is 0 Å². The SMILES string of the molecule is N[C@H]1[C@H](CC2CC2)C(=O)N[C@@H]1c1ccccc1. The fraction of sp³-hybridized carbons (Fsp3) is 0.500. The Labute approximate surface area is 101 Å². The maximum absolute atomic E-state index is 11.9. The van der Waals surface area contributed by atoms with Gasteiger partial charge in [-0.25, -0.2) is 0 Å². The number of carbonyl (C=O) groups excluding carboxylic acids is 1. The lowest BCUT2D eigenvalue weighted by Gasteiger charge is -2.18. The van der Waals surface area contributed by atoms with Gasteiger partial charge in [-0.05, 0) is 17.9 Å². The Morgan fingerprint density at radius 3 is 2.59 bits per heavy atom. The number of nitrogens with two attached hydrogens (primary N) is 1. The summed E-state index contributed by atoms with van der Waals surface area (Å²) in [7, 11) is 0. The molecule has 0 unspecified atom stereocenters. The molecule has 1 heterocycles. The largest absolute Gasteiger partial charge is 0.347 e. The number of nitrogens with one attached hydrogen (secondary N) is 1. The standard InChI is InChI=1S/C14H18N2O/c15-12-11(8-9-6-7-9)14(17)16-13(12)10-4-2-1-3-5-10/h1-5,9,11-13H,6-8,15H2,(H,16,17)/t11-,12-,13+/m0/s1. The van der Waals surface area contributed by atoms with E-state index in [9.17, 15) is 4.79 Å². The molecule has 2 aliphatic rings. The molecule has 3 heteroatoms. The average Bonchev–Trinajstić information content (AvgIpc) is 3.12. The minimum absolute atomic E-state index is 0.00699. The molecular weight excluding hydrogens is 212 g/mol. The van der Waals surface area contributed by atoms with Crippen molar-refractivity contribution in [3.8, 4) is 0 Å². The molecule has 90 valence electrons. The van der Waals surface area contributed by atoms with Gasteiger partial charge in [-0.15, -0.1) is 0 Å². The average molecular weight is 230 g/mol. The predicted molar refractivity (Wildman–Crippen MR) is 66.1 cm³/mol. The minimum atomic E-state index is -0.0782. The summed E-state index contributed by atoms with van der Waals surface area (Å²) >= 11 is 0. The highest BCUT2D eigenvalue weighted by Crippen LogP contribution is 2.39. The van der Waals surface area contributed by atoms with Crippen molar-refractivity contribution >= 4 is 5.91 Å². The molecule has 1 aromatic rings. The first-order valence-corrected chi connectivity index (χ1v) is 6.36.